The third-order valence-electron chi connectivity index (χ3n) is 8.45. The lowest BCUT2D eigenvalue weighted by Crippen LogP contribution is -2.38. The largest absolute Gasteiger partial charge is 0.339 e. The first-order valence-electron chi connectivity index (χ1n) is 15.3. The van der Waals surface area contributed by atoms with Crippen LogP contribution in [0, 0.1) is 0 Å². The van der Waals surface area contributed by atoms with E-state index < -0.39 is 0 Å². The minimum absolute atomic E-state index is 0.0300. The molecule has 0 aromatic heterocycles. The Labute approximate surface area is 257 Å². The Kier molecular flexibility index (Phi) is 10.6. The molecule has 0 bridgehead atoms. The number of hydrogen-bond acceptors (Lipinski definition) is 2. The first-order chi connectivity index (χ1) is 21.1. The van der Waals surface area contributed by atoms with E-state index in [1.165, 1.54) is 27.8 Å². The summed E-state index contributed by atoms with van der Waals surface area (Å²) in [7, 11) is 1.93. The second-order valence-corrected chi connectivity index (χ2v) is 11.4. The van der Waals surface area contributed by atoms with Gasteiger partial charge >= 0.3 is 0 Å². The average molecular weight is 567 g/mol. The van der Waals surface area contributed by atoms with E-state index >= 15 is 0 Å². The quantitative estimate of drug-likeness (QED) is 0.142. The van der Waals surface area contributed by atoms with Gasteiger partial charge in [-0.1, -0.05) is 146 Å². The van der Waals surface area contributed by atoms with E-state index in [4.69, 9.17) is 0 Å². The molecule has 0 spiro atoms. The van der Waals surface area contributed by atoms with E-state index in [0.717, 1.165) is 31.5 Å². The van der Waals surface area contributed by atoms with Gasteiger partial charge in [0.25, 0.3) is 0 Å². The second-order valence-electron chi connectivity index (χ2n) is 11.4. The molecule has 2 atom stereocenters. The summed E-state index contributed by atoms with van der Waals surface area (Å²) < 4.78 is 0. The molecule has 0 saturated heterocycles. The number of amides is 1. The Morgan fingerprint density at radius 2 is 1.05 bits per heavy atom. The number of carbonyl (C=O) groups excluding carboxylic acids is 1. The first kappa shape index (κ1) is 30.0. The van der Waals surface area contributed by atoms with Crippen molar-refractivity contribution in [3.8, 4) is 11.1 Å². The molecular formula is C40H42N2O. The van der Waals surface area contributed by atoms with E-state index in [-0.39, 0.29) is 18.0 Å². The molecule has 5 aromatic carbocycles. The van der Waals surface area contributed by atoms with Crippen molar-refractivity contribution >= 4 is 5.91 Å². The zero-order chi connectivity index (χ0) is 29.9. The fourth-order valence-corrected chi connectivity index (χ4v) is 5.74. The highest BCUT2D eigenvalue weighted by Crippen LogP contribution is 2.25. The molecule has 0 aliphatic rings. The molecule has 3 nitrogen and oxygen atoms in total. The Bertz CT molecular complexity index is 1480. The summed E-state index contributed by atoms with van der Waals surface area (Å²) >= 11 is 0. The van der Waals surface area contributed by atoms with Crippen LogP contribution < -0.4 is 0 Å². The highest BCUT2D eigenvalue weighted by Gasteiger charge is 2.24. The molecule has 0 N–H and O–H groups in total. The summed E-state index contributed by atoms with van der Waals surface area (Å²) in [6.07, 6.45) is 2.16. The molecule has 0 radical (unpaired) electrons. The first-order valence-corrected chi connectivity index (χ1v) is 15.3. The van der Waals surface area contributed by atoms with Gasteiger partial charge in [-0.2, -0.15) is 0 Å². The second kappa shape index (κ2) is 15.1. The zero-order valence-electron chi connectivity index (χ0n) is 25.3. The SMILES string of the molecule is C[C@H](c1ccccc1)N(C)C(=O)CCC(Cc1ccc(-c2ccccc2)cc1)N(Cc1ccccc1)Cc1ccccc1. The maximum Gasteiger partial charge on any atom is 0.222 e. The third kappa shape index (κ3) is 8.53. The highest BCUT2D eigenvalue weighted by molar-refractivity contribution is 5.76. The maximum absolute atomic E-state index is 13.6. The lowest BCUT2D eigenvalue weighted by Gasteiger charge is -2.33. The average Bonchev–Trinajstić information content (AvgIpc) is 3.07. The fraction of sp³-hybridized carbons (Fsp3) is 0.225. The molecule has 0 heterocycles. The maximum atomic E-state index is 13.6. The molecule has 5 aromatic rings. The molecule has 1 amide bonds. The van der Waals surface area contributed by atoms with Crippen molar-refractivity contribution < 1.29 is 4.79 Å². The van der Waals surface area contributed by atoms with Gasteiger partial charge in [-0.3, -0.25) is 9.69 Å². The fourth-order valence-electron chi connectivity index (χ4n) is 5.74. The minimum Gasteiger partial charge on any atom is -0.339 e. The number of hydrogen-bond donors (Lipinski definition) is 0. The Morgan fingerprint density at radius 1 is 0.581 bits per heavy atom. The Hall–Kier alpha value is -4.47. The van der Waals surface area contributed by atoms with Gasteiger partial charge in [-0.05, 0) is 53.1 Å². The summed E-state index contributed by atoms with van der Waals surface area (Å²) in [5, 5.41) is 0. The molecule has 0 aliphatic carbocycles. The monoisotopic (exact) mass is 566 g/mol. The summed E-state index contributed by atoms with van der Waals surface area (Å²) in [5.74, 6) is 0.181. The molecule has 0 aliphatic heterocycles. The van der Waals surface area contributed by atoms with E-state index in [1.54, 1.807) is 0 Å². The smallest absolute Gasteiger partial charge is 0.222 e. The van der Waals surface area contributed by atoms with Crippen LogP contribution in [0.25, 0.3) is 11.1 Å². The van der Waals surface area contributed by atoms with Crippen LogP contribution in [0.4, 0.5) is 0 Å². The van der Waals surface area contributed by atoms with Gasteiger partial charge in [-0.15, -0.1) is 0 Å². The van der Waals surface area contributed by atoms with Crippen LogP contribution in [0.15, 0.2) is 146 Å². The van der Waals surface area contributed by atoms with Crippen LogP contribution >= 0.6 is 0 Å². The third-order valence-corrected chi connectivity index (χ3v) is 8.45. The van der Waals surface area contributed by atoms with Gasteiger partial charge in [0.1, 0.15) is 0 Å². The van der Waals surface area contributed by atoms with Crippen LogP contribution in [-0.4, -0.2) is 28.8 Å². The normalized spacial score (nSPS) is 12.5. The van der Waals surface area contributed by atoms with Gasteiger partial charge in [0.05, 0.1) is 6.04 Å². The van der Waals surface area contributed by atoms with Crippen LogP contribution in [0.3, 0.4) is 0 Å². The number of carbonyl (C=O) groups is 1. The van der Waals surface area contributed by atoms with Gasteiger partial charge in [0.15, 0.2) is 0 Å². The highest BCUT2D eigenvalue weighted by atomic mass is 16.2. The van der Waals surface area contributed by atoms with Crippen molar-refractivity contribution in [2.45, 2.75) is 51.4 Å². The van der Waals surface area contributed by atoms with Gasteiger partial charge < -0.3 is 4.90 Å². The van der Waals surface area contributed by atoms with Crippen molar-refractivity contribution in [1.82, 2.24) is 9.80 Å². The van der Waals surface area contributed by atoms with Crippen LogP contribution in [-0.2, 0) is 24.3 Å². The molecule has 218 valence electrons. The van der Waals surface area contributed by atoms with Gasteiger partial charge in [0.2, 0.25) is 5.91 Å². The molecular weight excluding hydrogens is 524 g/mol. The molecule has 3 heteroatoms. The summed E-state index contributed by atoms with van der Waals surface area (Å²) in [6.45, 7) is 3.76. The van der Waals surface area contributed by atoms with Crippen LogP contribution in [0.2, 0.25) is 0 Å². The van der Waals surface area contributed by atoms with Crippen molar-refractivity contribution in [3.05, 3.63) is 168 Å². The molecule has 0 fully saturated rings. The molecule has 5 rings (SSSR count). The van der Waals surface area contributed by atoms with Crippen molar-refractivity contribution in [1.29, 1.82) is 0 Å². The van der Waals surface area contributed by atoms with Crippen molar-refractivity contribution in [2.75, 3.05) is 7.05 Å². The standard InChI is InChI=1S/C40H42N2O/c1-32(36-19-11-5-12-20-36)41(2)40(43)28-27-39(29-33-23-25-38(26-24-33)37-21-13-6-14-22-37)42(30-34-15-7-3-8-16-34)31-35-17-9-4-10-18-35/h3-26,32,39H,27-31H2,1-2H3/t32-,39?/m1/s1. The van der Waals surface area contributed by atoms with Gasteiger partial charge in [-0.25, -0.2) is 0 Å². The van der Waals surface area contributed by atoms with E-state index in [2.05, 4.69) is 139 Å². The predicted molar refractivity (Wildman–Crippen MR) is 178 cm³/mol. The van der Waals surface area contributed by atoms with E-state index in [0.29, 0.717) is 6.42 Å². The van der Waals surface area contributed by atoms with E-state index in [9.17, 15) is 4.79 Å². The van der Waals surface area contributed by atoms with Gasteiger partial charge in [0, 0.05) is 32.6 Å². The summed E-state index contributed by atoms with van der Waals surface area (Å²) in [6, 6.07) is 51.3. The van der Waals surface area contributed by atoms with Crippen molar-refractivity contribution in [3.63, 3.8) is 0 Å². The zero-order valence-corrected chi connectivity index (χ0v) is 25.3. The molecule has 43 heavy (non-hydrogen) atoms. The number of nitrogens with zero attached hydrogens (tertiary/aromatic N) is 2. The molecule has 1 unspecified atom stereocenters. The predicted octanol–water partition coefficient (Wildman–Crippen LogP) is 8.97. The van der Waals surface area contributed by atoms with Crippen molar-refractivity contribution in [2.24, 2.45) is 0 Å². The molecule has 0 saturated carbocycles. The number of benzene rings is 5. The van der Waals surface area contributed by atoms with Crippen LogP contribution in [0.1, 0.15) is 48.1 Å². The topological polar surface area (TPSA) is 23.6 Å². The lowest BCUT2D eigenvalue weighted by molar-refractivity contribution is -0.132. The summed E-state index contributed by atoms with van der Waals surface area (Å²) in [5.41, 5.74) is 7.45. The Morgan fingerprint density at radius 3 is 1.58 bits per heavy atom. The lowest BCUT2D eigenvalue weighted by atomic mass is 9.96. The van der Waals surface area contributed by atoms with E-state index in [1.807, 2.05) is 30.1 Å². The minimum atomic E-state index is 0.0300. The number of rotatable bonds is 13. The summed E-state index contributed by atoms with van der Waals surface area (Å²) in [4.78, 5) is 18.0. The van der Waals surface area contributed by atoms with Crippen LogP contribution in [0.5, 0.6) is 0 Å². The Balaban J connectivity index is 1.38.